The number of hydrogen-bond donors (Lipinski definition) is 0. The Morgan fingerprint density at radius 2 is 1.85 bits per heavy atom. The van der Waals surface area contributed by atoms with E-state index in [1.165, 1.54) is 16.7 Å². The Morgan fingerprint density at radius 3 is 2.55 bits per heavy atom. The van der Waals surface area contributed by atoms with Gasteiger partial charge in [-0.25, -0.2) is 0 Å². The fourth-order valence-corrected chi connectivity index (χ4v) is 2.20. The normalized spacial score (nSPS) is 16.2. The van der Waals surface area contributed by atoms with Gasteiger partial charge in [-0.15, -0.1) is 0 Å². The summed E-state index contributed by atoms with van der Waals surface area (Å²) in [6.07, 6.45) is 7.97. The molecule has 0 N–H and O–H groups in total. The summed E-state index contributed by atoms with van der Waals surface area (Å²) in [4.78, 5) is 2.22. The molecule has 0 fully saturated rings. The quantitative estimate of drug-likeness (QED) is 0.748. The highest BCUT2D eigenvalue weighted by Gasteiger charge is 2.06. The number of aryl methyl sites for hydroxylation is 1. The standard InChI is InChI=1S/C19H23N/c1-16-6-8-17(9-7-16)10-11-19-13-12-18(15-19)5-4-14-20(2)3/h5-9,15H,4,12-14H2,1-3H3/b18-5+. The molecular weight excluding hydrogens is 242 g/mol. The molecule has 1 aromatic carbocycles. The molecule has 1 heteroatoms. The second kappa shape index (κ2) is 7.12. The van der Waals surface area contributed by atoms with Crippen molar-refractivity contribution >= 4 is 0 Å². The summed E-state index contributed by atoms with van der Waals surface area (Å²) >= 11 is 0. The van der Waals surface area contributed by atoms with Crippen LogP contribution in [0.1, 0.15) is 30.4 Å². The van der Waals surface area contributed by atoms with Gasteiger partial charge in [0.1, 0.15) is 0 Å². The van der Waals surface area contributed by atoms with Crippen molar-refractivity contribution in [2.24, 2.45) is 0 Å². The molecule has 0 heterocycles. The molecule has 0 spiro atoms. The summed E-state index contributed by atoms with van der Waals surface area (Å²) in [6.45, 7) is 3.21. The van der Waals surface area contributed by atoms with E-state index in [0.29, 0.717) is 0 Å². The van der Waals surface area contributed by atoms with Crippen LogP contribution < -0.4 is 0 Å². The highest BCUT2D eigenvalue weighted by Crippen LogP contribution is 2.23. The third-order valence-electron chi connectivity index (χ3n) is 3.44. The van der Waals surface area contributed by atoms with Crippen LogP contribution in [0.4, 0.5) is 0 Å². The van der Waals surface area contributed by atoms with Crippen molar-refractivity contribution < 1.29 is 0 Å². The van der Waals surface area contributed by atoms with E-state index >= 15 is 0 Å². The molecule has 0 aromatic heterocycles. The second-order valence-corrected chi connectivity index (χ2v) is 5.66. The van der Waals surface area contributed by atoms with E-state index in [0.717, 1.165) is 31.4 Å². The molecule has 0 saturated carbocycles. The van der Waals surface area contributed by atoms with E-state index in [4.69, 9.17) is 0 Å². The molecule has 20 heavy (non-hydrogen) atoms. The number of rotatable bonds is 3. The summed E-state index contributed by atoms with van der Waals surface area (Å²) in [5.41, 5.74) is 5.09. The number of hydrogen-bond acceptors (Lipinski definition) is 1. The summed E-state index contributed by atoms with van der Waals surface area (Å²) in [6, 6.07) is 8.40. The van der Waals surface area contributed by atoms with E-state index in [-0.39, 0.29) is 0 Å². The lowest BCUT2D eigenvalue weighted by Gasteiger charge is -2.06. The summed E-state index contributed by atoms with van der Waals surface area (Å²) in [5.74, 6) is 6.56. The Labute approximate surface area is 123 Å². The number of benzene rings is 1. The van der Waals surface area contributed by atoms with Crippen LogP contribution in [0.15, 0.2) is 47.6 Å². The molecule has 2 rings (SSSR count). The Morgan fingerprint density at radius 1 is 1.10 bits per heavy atom. The lowest BCUT2D eigenvalue weighted by molar-refractivity contribution is 0.417. The minimum atomic E-state index is 1.09. The average molecular weight is 265 g/mol. The van der Waals surface area contributed by atoms with Gasteiger partial charge in [0.05, 0.1) is 0 Å². The molecular formula is C19H23N. The van der Waals surface area contributed by atoms with Gasteiger partial charge in [-0.3, -0.25) is 0 Å². The van der Waals surface area contributed by atoms with Crippen LogP contribution in [-0.4, -0.2) is 25.5 Å². The molecule has 1 aliphatic carbocycles. The fraction of sp³-hybridized carbons (Fsp3) is 0.368. The van der Waals surface area contributed by atoms with Gasteiger partial charge in [0.2, 0.25) is 0 Å². The lowest BCUT2D eigenvalue weighted by atomic mass is 10.1. The van der Waals surface area contributed by atoms with Gasteiger partial charge in [0, 0.05) is 17.7 Å². The minimum Gasteiger partial charge on any atom is -0.309 e. The van der Waals surface area contributed by atoms with Gasteiger partial charge in [-0.2, -0.15) is 0 Å². The molecule has 1 nitrogen and oxygen atoms in total. The van der Waals surface area contributed by atoms with E-state index in [2.05, 4.69) is 74.2 Å². The first kappa shape index (κ1) is 14.6. The molecule has 0 aliphatic heterocycles. The van der Waals surface area contributed by atoms with Crippen molar-refractivity contribution in [3.05, 3.63) is 58.7 Å². The predicted octanol–water partition coefficient (Wildman–Crippen LogP) is 3.94. The van der Waals surface area contributed by atoms with Crippen LogP contribution in [0, 0.1) is 18.8 Å². The monoisotopic (exact) mass is 265 g/mol. The van der Waals surface area contributed by atoms with Crippen LogP contribution >= 0.6 is 0 Å². The molecule has 0 atom stereocenters. The summed E-state index contributed by atoms with van der Waals surface area (Å²) < 4.78 is 0. The van der Waals surface area contributed by atoms with Crippen LogP contribution in [-0.2, 0) is 0 Å². The van der Waals surface area contributed by atoms with E-state index in [1.54, 1.807) is 0 Å². The molecule has 1 aromatic rings. The Bertz CT molecular complexity index is 562. The van der Waals surface area contributed by atoms with Gasteiger partial charge in [-0.05, 0) is 58.5 Å². The Kier molecular flexibility index (Phi) is 5.21. The maximum absolute atomic E-state index is 3.31. The van der Waals surface area contributed by atoms with Gasteiger partial charge < -0.3 is 4.90 Å². The lowest BCUT2D eigenvalue weighted by Crippen LogP contribution is -2.11. The first-order valence-electron chi connectivity index (χ1n) is 7.26. The van der Waals surface area contributed by atoms with Crippen molar-refractivity contribution in [1.29, 1.82) is 0 Å². The molecule has 1 aliphatic rings. The maximum Gasteiger partial charge on any atom is 0.0249 e. The van der Waals surface area contributed by atoms with E-state index in [9.17, 15) is 0 Å². The van der Waals surface area contributed by atoms with Crippen LogP contribution in [0.25, 0.3) is 0 Å². The van der Waals surface area contributed by atoms with Gasteiger partial charge in [-0.1, -0.05) is 41.2 Å². The summed E-state index contributed by atoms with van der Waals surface area (Å²) in [5, 5.41) is 0. The first-order chi connectivity index (χ1) is 9.63. The van der Waals surface area contributed by atoms with Crippen molar-refractivity contribution in [3.8, 4) is 11.8 Å². The number of nitrogens with zero attached hydrogens (tertiary/aromatic N) is 1. The SMILES string of the molecule is Cc1ccc(C#CC2=C/C(=C/CCN(C)C)CC2)cc1. The zero-order valence-electron chi connectivity index (χ0n) is 12.7. The molecule has 0 saturated heterocycles. The van der Waals surface area contributed by atoms with Gasteiger partial charge >= 0.3 is 0 Å². The molecule has 104 valence electrons. The minimum absolute atomic E-state index is 1.09. The highest BCUT2D eigenvalue weighted by atomic mass is 15.0. The summed E-state index contributed by atoms with van der Waals surface area (Å²) in [7, 11) is 4.23. The average Bonchev–Trinajstić information content (AvgIpc) is 2.86. The fourth-order valence-electron chi connectivity index (χ4n) is 2.20. The van der Waals surface area contributed by atoms with E-state index in [1.807, 2.05) is 0 Å². The van der Waals surface area contributed by atoms with Crippen molar-refractivity contribution in [3.63, 3.8) is 0 Å². The van der Waals surface area contributed by atoms with Crippen LogP contribution in [0.5, 0.6) is 0 Å². The molecule has 0 unspecified atom stereocenters. The van der Waals surface area contributed by atoms with Crippen LogP contribution in [0.3, 0.4) is 0 Å². The topological polar surface area (TPSA) is 3.24 Å². The maximum atomic E-state index is 3.31. The largest absolute Gasteiger partial charge is 0.309 e. The zero-order chi connectivity index (χ0) is 14.4. The zero-order valence-corrected chi connectivity index (χ0v) is 12.7. The predicted molar refractivity (Wildman–Crippen MR) is 86.6 cm³/mol. The highest BCUT2D eigenvalue weighted by molar-refractivity contribution is 5.46. The second-order valence-electron chi connectivity index (χ2n) is 5.66. The third-order valence-corrected chi connectivity index (χ3v) is 3.44. The van der Waals surface area contributed by atoms with Crippen molar-refractivity contribution in [2.45, 2.75) is 26.2 Å². The molecule has 0 radical (unpaired) electrons. The Hall–Kier alpha value is -1.78. The smallest absolute Gasteiger partial charge is 0.0249 e. The van der Waals surface area contributed by atoms with Gasteiger partial charge in [0.25, 0.3) is 0 Å². The third kappa shape index (κ3) is 4.72. The number of allylic oxidation sites excluding steroid dienone is 3. The van der Waals surface area contributed by atoms with Crippen molar-refractivity contribution in [1.82, 2.24) is 4.90 Å². The first-order valence-corrected chi connectivity index (χ1v) is 7.26. The van der Waals surface area contributed by atoms with Gasteiger partial charge in [0.15, 0.2) is 0 Å². The molecule has 0 bridgehead atoms. The Balaban J connectivity index is 1.96. The molecule has 0 amide bonds. The van der Waals surface area contributed by atoms with E-state index < -0.39 is 0 Å². The van der Waals surface area contributed by atoms with Crippen LogP contribution in [0.2, 0.25) is 0 Å². The van der Waals surface area contributed by atoms with Crippen molar-refractivity contribution in [2.75, 3.05) is 20.6 Å².